The lowest BCUT2D eigenvalue weighted by molar-refractivity contribution is -0.144. The lowest BCUT2D eigenvalue weighted by atomic mass is 10.2. The van der Waals surface area contributed by atoms with Crippen LogP contribution in [0.4, 0.5) is 0 Å². The van der Waals surface area contributed by atoms with Crippen molar-refractivity contribution in [1.82, 2.24) is 0 Å². The zero-order chi connectivity index (χ0) is 10.3. The first kappa shape index (κ1) is 11.9. The predicted octanol–water partition coefficient (Wildman–Crippen LogP) is 0.132. The van der Waals surface area contributed by atoms with Crippen molar-refractivity contribution in [3.05, 3.63) is 0 Å². The normalized spacial score (nSPS) is 12.2. The number of carboxylic acids is 1. The molecule has 5 nitrogen and oxygen atoms in total. The van der Waals surface area contributed by atoms with Crippen LogP contribution in [0.15, 0.2) is 0 Å². The fourth-order valence-electron chi connectivity index (χ4n) is 0.685. The van der Waals surface area contributed by atoms with Crippen LogP contribution in [0.2, 0.25) is 0 Å². The van der Waals surface area contributed by atoms with Gasteiger partial charge < -0.3 is 15.6 Å². The average Bonchev–Trinajstić information content (AvgIpc) is 2.10. The van der Waals surface area contributed by atoms with E-state index in [2.05, 4.69) is 0 Å². The van der Waals surface area contributed by atoms with Crippen molar-refractivity contribution in [2.75, 3.05) is 6.61 Å². The quantitative estimate of drug-likeness (QED) is 0.580. The summed E-state index contributed by atoms with van der Waals surface area (Å²) in [6, 6.07) is -0.978. The maximum absolute atomic E-state index is 10.9. The van der Waals surface area contributed by atoms with Crippen molar-refractivity contribution in [1.29, 1.82) is 0 Å². The van der Waals surface area contributed by atoms with Gasteiger partial charge in [0.15, 0.2) is 0 Å². The van der Waals surface area contributed by atoms with Gasteiger partial charge in [-0.2, -0.15) is 0 Å². The molecule has 0 fully saturated rings. The molecule has 0 amide bonds. The number of hydrogen-bond donors (Lipinski definition) is 2. The predicted molar refractivity (Wildman–Crippen MR) is 46.1 cm³/mol. The molecule has 0 rings (SSSR count). The minimum absolute atomic E-state index is 0.0630. The Labute approximate surface area is 76.9 Å². The number of ether oxygens (including phenoxy) is 1. The summed E-state index contributed by atoms with van der Waals surface area (Å²) in [6.07, 6.45) is 0.946. The van der Waals surface area contributed by atoms with Gasteiger partial charge in [0.2, 0.25) is 0 Å². The zero-order valence-electron chi connectivity index (χ0n) is 7.66. The molecule has 0 aromatic heterocycles. The molecule has 0 heterocycles. The van der Waals surface area contributed by atoms with Gasteiger partial charge in [-0.05, 0) is 12.8 Å². The maximum atomic E-state index is 10.9. The van der Waals surface area contributed by atoms with Gasteiger partial charge in [-0.25, -0.2) is 0 Å². The van der Waals surface area contributed by atoms with E-state index in [4.69, 9.17) is 15.6 Å². The highest BCUT2D eigenvalue weighted by atomic mass is 16.5. The molecule has 0 bridgehead atoms. The Hall–Kier alpha value is -1.10. The second kappa shape index (κ2) is 6.42. The van der Waals surface area contributed by atoms with Crippen LogP contribution >= 0.6 is 0 Å². The molecule has 0 spiro atoms. The van der Waals surface area contributed by atoms with Gasteiger partial charge >= 0.3 is 11.9 Å². The van der Waals surface area contributed by atoms with Crippen LogP contribution in [0.25, 0.3) is 0 Å². The highest BCUT2D eigenvalue weighted by Gasteiger charge is 2.13. The number of hydrogen-bond acceptors (Lipinski definition) is 4. The van der Waals surface area contributed by atoms with Crippen molar-refractivity contribution >= 4 is 11.9 Å². The van der Waals surface area contributed by atoms with Crippen molar-refractivity contribution in [2.45, 2.75) is 32.2 Å². The number of rotatable bonds is 6. The minimum atomic E-state index is -1.09. The Morgan fingerprint density at radius 1 is 1.54 bits per heavy atom. The molecule has 3 N–H and O–H groups in total. The second-order valence-electron chi connectivity index (χ2n) is 2.70. The highest BCUT2D eigenvalue weighted by molar-refractivity contribution is 5.75. The summed E-state index contributed by atoms with van der Waals surface area (Å²) in [5.74, 6) is -1.48. The van der Waals surface area contributed by atoms with E-state index in [1.54, 1.807) is 0 Å². The molecule has 1 atom stereocenters. The first-order valence-corrected chi connectivity index (χ1v) is 4.22. The smallest absolute Gasteiger partial charge is 0.320 e. The maximum Gasteiger partial charge on any atom is 0.320 e. The summed E-state index contributed by atoms with van der Waals surface area (Å²) in [5.41, 5.74) is 5.19. The molecule has 0 saturated heterocycles. The Balaban J connectivity index is 3.52. The highest BCUT2D eigenvalue weighted by Crippen LogP contribution is 1.97. The molecule has 0 radical (unpaired) electrons. The van der Waals surface area contributed by atoms with Gasteiger partial charge in [0.1, 0.15) is 6.04 Å². The van der Waals surface area contributed by atoms with Crippen LogP contribution in [-0.2, 0) is 14.3 Å². The second-order valence-corrected chi connectivity index (χ2v) is 2.70. The Kier molecular flexibility index (Phi) is 5.88. The number of carbonyl (C=O) groups is 2. The van der Waals surface area contributed by atoms with Crippen LogP contribution in [0.3, 0.4) is 0 Å². The van der Waals surface area contributed by atoms with E-state index in [0.29, 0.717) is 6.61 Å². The Morgan fingerprint density at radius 3 is 2.62 bits per heavy atom. The molecule has 0 aliphatic carbocycles. The Bertz CT molecular complexity index is 181. The standard InChI is InChI=1S/C8H15NO4/c1-2-5-13-7(10)4-3-6(9)8(11)12/h6H,2-5,9H2,1H3,(H,11,12)/t6-/m1/s1. The van der Waals surface area contributed by atoms with Crippen molar-refractivity contribution in [3.8, 4) is 0 Å². The van der Waals surface area contributed by atoms with Gasteiger partial charge in [0.05, 0.1) is 6.61 Å². The molecule has 0 saturated carbocycles. The van der Waals surface area contributed by atoms with Gasteiger partial charge in [-0.15, -0.1) is 0 Å². The lowest BCUT2D eigenvalue weighted by Crippen LogP contribution is -2.30. The number of nitrogens with two attached hydrogens (primary N) is 1. The van der Waals surface area contributed by atoms with E-state index in [0.717, 1.165) is 6.42 Å². The molecular weight excluding hydrogens is 174 g/mol. The Morgan fingerprint density at radius 2 is 2.15 bits per heavy atom. The van der Waals surface area contributed by atoms with Crippen LogP contribution in [0.1, 0.15) is 26.2 Å². The van der Waals surface area contributed by atoms with Crippen LogP contribution in [-0.4, -0.2) is 29.7 Å². The largest absolute Gasteiger partial charge is 0.480 e. The molecule has 0 aromatic rings. The lowest BCUT2D eigenvalue weighted by Gasteiger charge is -2.05. The summed E-state index contributed by atoms with van der Waals surface area (Å²) in [6.45, 7) is 2.26. The minimum Gasteiger partial charge on any atom is -0.480 e. The van der Waals surface area contributed by atoms with Crippen LogP contribution < -0.4 is 5.73 Å². The van der Waals surface area contributed by atoms with E-state index in [-0.39, 0.29) is 12.8 Å². The molecule has 13 heavy (non-hydrogen) atoms. The summed E-state index contributed by atoms with van der Waals surface area (Å²) in [7, 11) is 0. The molecular formula is C8H15NO4. The van der Waals surface area contributed by atoms with E-state index >= 15 is 0 Å². The first-order chi connectivity index (χ1) is 6.07. The number of carboxylic acid groups (broad SMARTS) is 1. The number of carbonyl (C=O) groups excluding carboxylic acids is 1. The van der Waals surface area contributed by atoms with Crippen molar-refractivity contribution in [3.63, 3.8) is 0 Å². The van der Waals surface area contributed by atoms with Gasteiger partial charge in [0, 0.05) is 6.42 Å². The fraction of sp³-hybridized carbons (Fsp3) is 0.750. The topological polar surface area (TPSA) is 89.6 Å². The molecule has 0 aromatic carbocycles. The van der Waals surface area contributed by atoms with Crippen molar-refractivity contribution in [2.24, 2.45) is 5.73 Å². The third-order valence-electron chi connectivity index (χ3n) is 1.44. The molecule has 0 aliphatic heterocycles. The van der Waals surface area contributed by atoms with E-state index in [1.807, 2.05) is 6.92 Å². The van der Waals surface area contributed by atoms with E-state index < -0.39 is 18.0 Å². The van der Waals surface area contributed by atoms with Crippen molar-refractivity contribution < 1.29 is 19.4 Å². The third-order valence-corrected chi connectivity index (χ3v) is 1.44. The third kappa shape index (κ3) is 6.10. The van der Waals surface area contributed by atoms with E-state index in [9.17, 15) is 9.59 Å². The summed E-state index contributed by atoms with van der Waals surface area (Å²) in [4.78, 5) is 21.1. The number of esters is 1. The van der Waals surface area contributed by atoms with Gasteiger partial charge in [-0.3, -0.25) is 9.59 Å². The van der Waals surface area contributed by atoms with Crippen LogP contribution in [0, 0.1) is 0 Å². The first-order valence-electron chi connectivity index (χ1n) is 4.22. The zero-order valence-corrected chi connectivity index (χ0v) is 7.66. The SMILES string of the molecule is CCCOC(=O)CC[C@@H](N)C(=O)O. The summed E-state index contributed by atoms with van der Waals surface area (Å²) >= 11 is 0. The van der Waals surface area contributed by atoms with E-state index in [1.165, 1.54) is 0 Å². The molecule has 0 aliphatic rings. The van der Waals surface area contributed by atoms with Crippen LogP contribution in [0.5, 0.6) is 0 Å². The number of aliphatic carboxylic acids is 1. The van der Waals surface area contributed by atoms with Gasteiger partial charge in [-0.1, -0.05) is 6.92 Å². The molecule has 76 valence electrons. The molecule has 5 heteroatoms. The monoisotopic (exact) mass is 189 g/mol. The molecule has 0 unspecified atom stereocenters. The average molecular weight is 189 g/mol. The summed E-state index contributed by atoms with van der Waals surface area (Å²) < 4.78 is 4.73. The van der Waals surface area contributed by atoms with Gasteiger partial charge in [0.25, 0.3) is 0 Å². The fourth-order valence-corrected chi connectivity index (χ4v) is 0.685. The summed E-state index contributed by atoms with van der Waals surface area (Å²) in [5, 5.41) is 8.39.